The van der Waals surface area contributed by atoms with Gasteiger partial charge in [-0.15, -0.1) is 0 Å². The number of halogens is 1. The van der Waals surface area contributed by atoms with Crippen molar-refractivity contribution in [2.45, 2.75) is 0 Å². The number of ether oxygens (including phenoxy) is 2. The van der Waals surface area contributed by atoms with E-state index >= 15 is 0 Å². The van der Waals surface area contributed by atoms with Crippen LogP contribution < -0.4 is 9.47 Å². The summed E-state index contributed by atoms with van der Waals surface area (Å²) in [6, 6.07) is 19.2. The Kier molecular flexibility index (Phi) is 6.67. The molecule has 0 radical (unpaired) electrons. The predicted molar refractivity (Wildman–Crippen MR) is 131 cm³/mol. The highest BCUT2D eigenvalue weighted by Crippen LogP contribution is 2.41. The highest BCUT2D eigenvalue weighted by atomic mass is 35.5. The molecule has 0 spiro atoms. The van der Waals surface area contributed by atoms with E-state index in [9.17, 15) is 10.1 Å². The molecular weight excluding hydrogens is 462 g/mol. The van der Waals surface area contributed by atoms with Crippen molar-refractivity contribution in [3.8, 4) is 33.2 Å². The summed E-state index contributed by atoms with van der Waals surface area (Å²) in [5, 5.41) is 12.2. The summed E-state index contributed by atoms with van der Waals surface area (Å²) in [7, 11) is 3.19. The van der Waals surface area contributed by atoms with E-state index in [1.807, 2.05) is 30.3 Å². The highest BCUT2D eigenvalue weighted by molar-refractivity contribution is 7.19. The predicted octanol–water partition coefficient (Wildman–Crippen LogP) is 6.81. The van der Waals surface area contributed by atoms with Crippen LogP contribution in [-0.4, -0.2) is 30.3 Å². The van der Waals surface area contributed by atoms with E-state index in [2.05, 4.69) is 4.99 Å². The van der Waals surface area contributed by atoms with E-state index in [0.29, 0.717) is 21.7 Å². The van der Waals surface area contributed by atoms with Crippen LogP contribution in [0.2, 0.25) is 5.02 Å². The Bertz CT molecular complexity index is 1320. The summed E-state index contributed by atoms with van der Waals surface area (Å²) in [6.45, 7) is 0. The number of hydrogen-bond donors (Lipinski definition) is 0. The first-order valence-electron chi connectivity index (χ1n) is 9.76. The molecule has 9 heteroatoms. The van der Waals surface area contributed by atoms with Gasteiger partial charge in [-0.25, -0.2) is 9.98 Å². The first kappa shape index (κ1) is 22.4. The van der Waals surface area contributed by atoms with Crippen molar-refractivity contribution >= 4 is 40.0 Å². The lowest BCUT2D eigenvalue weighted by Crippen LogP contribution is -1.92. The van der Waals surface area contributed by atoms with Gasteiger partial charge in [0.25, 0.3) is 5.69 Å². The zero-order chi connectivity index (χ0) is 23.4. The lowest BCUT2D eigenvalue weighted by molar-refractivity contribution is -0.384. The average Bonchev–Trinajstić information content (AvgIpc) is 3.27. The second kappa shape index (κ2) is 9.81. The molecule has 0 N–H and O–H groups in total. The van der Waals surface area contributed by atoms with Crippen LogP contribution in [0.1, 0.15) is 5.56 Å². The van der Waals surface area contributed by atoms with Gasteiger partial charge in [-0.1, -0.05) is 35.1 Å². The average molecular weight is 480 g/mol. The minimum atomic E-state index is -0.423. The molecule has 7 nitrogen and oxygen atoms in total. The Hall–Kier alpha value is -3.75. The molecule has 166 valence electrons. The molecule has 4 aromatic rings. The maximum absolute atomic E-state index is 11.0. The van der Waals surface area contributed by atoms with E-state index < -0.39 is 4.92 Å². The maximum Gasteiger partial charge on any atom is 0.269 e. The number of aliphatic imine (C=N–C) groups is 1. The van der Waals surface area contributed by atoms with Gasteiger partial charge in [-0.05, 0) is 48.0 Å². The van der Waals surface area contributed by atoms with Gasteiger partial charge >= 0.3 is 0 Å². The second-order valence-electron chi connectivity index (χ2n) is 6.85. The molecular formula is C24H18ClN3O4S. The van der Waals surface area contributed by atoms with Gasteiger partial charge in [0.15, 0.2) is 0 Å². The fourth-order valence-electron chi connectivity index (χ4n) is 3.16. The zero-order valence-electron chi connectivity index (χ0n) is 17.7. The van der Waals surface area contributed by atoms with E-state index in [0.717, 1.165) is 27.3 Å². The van der Waals surface area contributed by atoms with Crippen LogP contribution in [0.5, 0.6) is 11.5 Å². The van der Waals surface area contributed by atoms with Gasteiger partial charge in [0.2, 0.25) is 5.13 Å². The van der Waals surface area contributed by atoms with Gasteiger partial charge < -0.3 is 9.47 Å². The van der Waals surface area contributed by atoms with Crippen molar-refractivity contribution in [2.24, 2.45) is 4.99 Å². The highest BCUT2D eigenvalue weighted by Gasteiger charge is 2.16. The SMILES string of the molecule is COc1ccc(OC)c(C=Nc2nc(-c3ccc(Cl)cc3)c(-c3ccc([N+](=O)[O-])cc3)s2)c1. The molecule has 1 aromatic heterocycles. The lowest BCUT2D eigenvalue weighted by Gasteiger charge is -2.06. The van der Waals surface area contributed by atoms with Crippen LogP contribution in [0.25, 0.3) is 21.7 Å². The molecule has 0 aliphatic heterocycles. The van der Waals surface area contributed by atoms with Crippen molar-refractivity contribution in [3.63, 3.8) is 0 Å². The fraction of sp³-hybridized carbons (Fsp3) is 0.0833. The number of non-ortho nitro benzene ring substituents is 1. The standard InChI is InChI=1S/C24H18ClN3O4S/c1-31-20-11-12-21(32-2)17(13-20)14-26-24-27-22(15-3-7-18(25)8-4-15)23(33-24)16-5-9-19(10-6-16)28(29)30/h3-14H,1-2H3. The van der Waals surface area contributed by atoms with Gasteiger partial charge in [-0.2, -0.15) is 0 Å². The van der Waals surface area contributed by atoms with Gasteiger partial charge in [-0.3, -0.25) is 10.1 Å². The summed E-state index contributed by atoms with van der Waals surface area (Å²) >= 11 is 7.44. The van der Waals surface area contributed by atoms with Crippen LogP contribution in [0.15, 0.2) is 71.7 Å². The largest absolute Gasteiger partial charge is 0.497 e. The molecule has 0 saturated carbocycles. The number of rotatable bonds is 7. The van der Waals surface area contributed by atoms with Crippen LogP contribution in [0.3, 0.4) is 0 Å². The Labute approximate surface area is 199 Å². The molecule has 33 heavy (non-hydrogen) atoms. The van der Waals surface area contributed by atoms with Crippen molar-refractivity contribution in [2.75, 3.05) is 14.2 Å². The molecule has 1 heterocycles. The molecule has 0 atom stereocenters. The minimum absolute atomic E-state index is 0.0275. The van der Waals surface area contributed by atoms with Gasteiger partial charge in [0.05, 0.1) is 29.7 Å². The van der Waals surface area contributed by atoms with E-state index in [1.54, 1.807) is 44.7 Å². The third-order valence-electron chi connectivity index (χ3n) is 4.82. The Morgan fingerprint density at radius 2 is 1.70 bits per heavy atom. The molecule has 0 saturated heterocycles. The third kappa shape index (κ3) is 5.02. The van der Waals surface area contributed by atoms with E-state index in [1.165, 1.54) is 23.5 Å². The van der Waals surface area contributed by atoms with Crippen LogP contribution in [0, 0.1) is 10.1 Å². The summed E-state index contributed by atoms with van der Waals surface area (Å²) < 4.78 is 10.7. The van der Waals surface area contributed by atoms with Gasteiger partial charge in [0.1, 0.15) is 11.5 Å². The van der Waals surface area contributed by atoms with Crippen molar-refractivity contribution in [3.05, 3.63) is 87.4 Å². The fourth-order valence-corrected chi connectivity index (χ4v) is 4.23. The minimum Gasteiger partial charge on any atom is -0.497 e. The van der Waals surface area contributed by atoms with Crippen molar-refractivity contribution in [1.82, 2.24) is 4.98 Å². The van der Waals surface area contributed by atoms with Gasteiger partial charge in [0, 0.05) is 34.5 Å². The number of aromatic nitrogens is 1. The third-order valence-corrected chi connectivity index (χ3v) is 6.09. The monoisotopic (exact) mass is 479 g/mol. The Morgan fingerprint density at radius 1 is 1.00 bits per heavy atom. The normalized spacial score (nSPS) is 11.0. The summed E-state index contributed by atoms with van der Waals surface area (Å²) in [5.41, 5.74) is 3.17. The summed E-state index contributed by atoms with van der Waals surface area (Å²) in [6.07, 6.45) is 1.67. The lowest BCUT2D eigenvalue weighted by atomic mass is 10.1. The molecule has 0 bridgehead atoms. The number of thiazole rings is 1. The van der Waals surface area contributed by atoms with Crippen LogP contribution >= 0.6 is 22.9 Å². The molecule has 0 unspecified atom stereocenters. The number of methoxy groups -OCH3 is 2. The first-order chi connectivity index (χ1) is 16.0. The van der Waals surface area contributed by atoms with Crippen molar-refractivity contribution in [1.29, 1.82) is 0 Å². The quantitative estimate of drug-likeness (QED) is 0.165. The Morgan fingerprint density at radius 3 is 2.33 bits per heavy atom. The second-order valence-corrected chi connectivity index (χ2v) is 8.27. The number of hydrogen-bond acceptors (Lipinski definition) is 7. The first-order valence-corrected chi connectivity index (χ1v) is 11.0. The molecule has 0 fully saturated rings. The Balaban J connectivity index is 1.77. The summed E-state index contributed by atoms with van der Waals surface area (Å²) in [4.78, 5) is 20.8. The zero-order valence-corrected chi connectivity index (χ0v) is 19.3. The number of nitro benzene ring substituents is 1. The molecule has 0 aliphatic carbocycles. The smallest absolute Gasteiger partial charge is 0.269 e. The van der Waals surface area contributed by atoms with Crippen LogP contribution in [0.4, 0.5) is 10.8 Å². The number of benzene rings is 3. The molecule has 3 aromatic carbocycles. The molecule has 0 aliphatic rings. The van der Waals surface area contributed by atoms with Crippen molar-refractivity contribution < 1.29 is 14.4 Å². The molecule has 4 rings (SSSR count). The van der Waals surface area contributed by atoms with E-state index in [4.69, 9.17) is 26.1 Å². The number of nitro groups is 1. The molecule has 0 amide bonds. The van der Waals surface area contributed by atoms with Crippen LogP contribution in [-0.2, 0) is 0 Å². The topological polar surface area (TPSA) is 86.8 Å². The maximum atomic E-state index is 11.0. The number of nitrogens with zero attached hydrogens (tertiary/aromatic N) is 3. The summed E-state index contributed by atoms with van der Waals surface area (Å²) in [5.74, 6) is 1.34. The van der Waals surface area contributed by atoms with E-state index in [-0.39, 0.29) is 5.69 Å².